The van der Waals surface area contributed by atoms with Crippen LogP contribution in [-0.4, -0.2) is 53.9 Å². The van der Waals surface area contributed by atoms with Crippen LogP contribution in [0.5, 0.6) is 0 Å². The monoisotopic (exact) mass is 653 g/mol. The number of amides is 2. The fourth-order valence-corrected chi connectivity index (χ4v) is 5.94. The quantitative estimate of drug-likeness (QED) is 0.364. The molecule has 4 rings (SSSR count). The molecule has 2 atom stereocenters. The summed E-state index contributed by atoms with van der Waals surface area (Å²) in [5.41, 5.74) is -7.13. The fraction of sp³-hybridized carbons (Fsp3) is 0.458. The third-order valence-corrected chi connectivity index (χ3v) is 8.20. The van der Waals surface area contributed by atoms with Gasteiger partial charge in [-0.1, -0.05) is 16.8 Å². The van der Waals surface area contributed by atoms with Crippen LogP contribution >= 0.6 is 22.9 Å². The van der Waals surface area contributed by atoms with E-state index in [9.17, 15) is 53.5 Å². The third-order valence-electron chi connectivity index (χ3n) is 6.65. The highest BCUT2D eigenvalue weighted by atomic mass is 35.5. The van der Waals surface area contributed by atoms with E-state index < -0.39 is 82.6 Å². The molecule has 1 saturated heterocycles. The Morgan fingerprint density at radius 1 is 1.14 bits per heavy atom. The van der Waals surface area contributed by atoms with Crippen molar-refractivity contribution in [2.24, 2.45) is 5.16 Å². The number of nitrogens with zero attached hydrogens (tertiary/aromatic N) is 2. The van der Waals surface area contributed by atoms with Gasteiger partial charge >= 0.3 is 18.5 Å². The van der Waals surface area contributed by atoms with Crippen molar-refractivity contribution in [1.29, 1.82) is 0 Å². The third kappa shape index (κ3) is 6.02. The molecule has 3 heterocycles. The molecule has 2 aliphatic heterocycles. The molecule has 2 unspecified atom stereocenters. The van der Waals surface area contributed by atoms with Crippen LogP contribution in [0.4, 0.5) is 43.9 Å². The standard InChI is InChI=1S/C24H18ClF10N3O3S/c1-10-5-16(42-18(10)20(40)38-4-2-3-15(38)19(39)36-9-22(27,28)29)14-8-21(41-37-14,24(33,34)35)12-6-11(23(30,31)32)7-13(25)17(12)26/h5-7,15H,2-4,8-9H2,1H3,(H,36,39). The van der Waals surface area contributed by atoms with Crippen molar-refractivity contribution in [2.45, 2.75) is 56.4 Å². The lowest BCUT2D eigenvalue weighted by Gasteiger charge is -2.30. The van der Waals surface area contributed by atoms with E-state index in [0.29, 0.717) is 17.8 Å². The van der Waals surface area contributed by atoms with Gasteiger partial charge in [0.15, 0.2) is 0 Å². The minimum absolute atomic E-state index is 0.0203. The first-order valence-corrected chi connectivity index (χ1v) is 13.1. The summed E-state index contributed by atoms with van der Waals surface area (Å²) < 4.78 is 135. The number of alkyl halides is 9. The Balaban J connectivity index is 1.63. The van der Waals surface area contributed by atoms with Crippen molar-refractivity contribution < 1.29 is 58.3 Å². The average molecular weight is 654 g/mol. The van der Waals surface area contributed by atoms with Gasteiger partial charge in [-0.15, -0.1) is 11.3 Å². The van der Waals surface area contributed by atoms with Gasteiger partial charge in [0.25, 0.3) is 11.5 Å². The lowest BCUT2D eigenvalue weighted by molar-refractivity contribution is -0.276. The molecule has 1 fully saturated rings. The maximum Gasteiger partial charge on any atom is 0.435 e. The Morgan fingerprint density at radius 2 is 1.81 bits per heavy atom. The number of thiophene rings is 1. The first-order valence-electron chi connectivity index (χ1n) is 11.9. The molecule has 6 nitrogen and oxygen atoms in total. The minimum Gasteiger partial charge on any atom is -0.374 e. The number of oxime groups is 1. The van der Waals surface area contributed by atoms with Gasteiger partial charge in [0.05, 0.1) is 26.8 Å². The van der Waals surface area contributed by atoms with Crippen LogP contribution in [0, 0.1) is 12.7 Å². The summed E-state index contributed by atoms with van der Waals surface area (Å²) in [6.45, 7) is -0.181. The number of halogens is 11. The molecule has 18 heteroatoms. The first-order chi connectivity index (χ1) is 19.2. The number of hydrogen-bond acceptors (Lipinski definition) is 5. The van der Waals surface area contributed by atoms with E-state index in [0.717, 1.165) is 4.90 Å². The molecule has 2 aliphatic rings. The number of rotatable bonds is 5. The summed E-state index contributed by atoms with van der Waals surface area (Å²) in [6, 6.07) is 0.107. The summed E-state index contributed by atoms with van der Waals surface area (Å²) in [7, 11) is 0. The number of hydrogen-bond donors (Lipinski definition) is 1. The van der Waals surface area contributed by atoms with E-state index >= 15 is 0 Å². The maximum atomic E-state index is 14.8. The lowest BCUT2D eigenvalue weighted by atomic mass is 9.86. The number of carbonyl (C=O) groups is 2. The number of nitrogens with one attached hydrogen (secondary N) is 1. The predicted octanol–water partition coefficient (Wildman–Crippen LogP) is 6.73. The van der Waals surface area contributed by atoms with Crippen LogP contribution in [0.3, 0.4) is 0 Å². The van der Waals surface area contributed by atoms with Crippen molar-refractivity contribution >= 4 is 40.5 Å². The van der Waals surface area contributed by atoms with E-state index in [1.807, 2.05) is 0 Å². The van der Waals surface area contributed by atoms with Crippen LogP contribution in [0.2, 0.25) is 5.02 Å². The Labute approximate surface area is 239 Å². The molecule has 0 spiro atoms. The number of carbonyl (C=O) groups excluding carboxylic acids is 2. The van der Waals surface area contributed by atoms with Crippen molar-refractivity contribution in [1.82, 2.24) is 10.2 Å². The van der Waals surface area contributed by atoms with Gasteiger partial charge in [-0.2, -0.15) is 39.5 Å². The van der Waals surface area contributed by atoms with Crippen LogP contribution in [0.15, 0.2) is 23.4 Å². The smallest absolute Gasteiger partial charge is 0.374 e. The van der Waals surface area contributed by atoms with Gasteiger partial charge in [0.2, 0.25) is 5.91 Å². The second-order valence-corrected chi connectivity index (χ2v) is 11.0. The molecule has 2 amide bonds. The topological polar surface area (TPSA) is 71.0 Å². The van der Waals surface area contributed by atoms with Gasteiger partial charge in [-0.05, 0) is 43.5 Å². The van der Waals surface area contributed by atoms with Crippen LogP contribution < -0.4 is 5.32 Å². The van der Waals surface area contributed by atoms with Gasteiger partial charge in [-0.3, -0.25) is 9.59 Å². The largest absolute Gasteiger partial charge is 0.435 e. The van der Waals surface area contributed by atoms with E-state index in [1.165, 1.54) is 13.0 Å². The molecular formula is C24H18ClF10N3O3S. The molecule has 42 heavy (non-hydrogen) atoms. The average Bonchev–Trinajstić information content (AvgIpc) is 3.60. The summed E-state index contributed by atoms with van der Waals surface area (Å²) >= 11 is 6.13. The summed E-state index contributed by atoms with van der Waals surface area (Å²) in [5.74, 6) is -3.59. The number of likely N-dealkylation sites (tertiary alicyclic amines) is 1. The van der Waals surface area contributed by atoms with Gasteiger partial charge in [0.1, 0.15) is 24.1 Å². The van der Waals surface area contributed by atoms with Crippen LogP contribution in [0.25, 0.3) is 0 Å². The van der Waals surface area contributed by atoms with Crippen LogP contribution in [-0.2, 0) is 21.4 Å². The highest BCUT2D eigenvalue weighted by Crippen LogP contribution is 2.51. The normalized spacial score (nSPS) is 21.4. The Bertz CT molecular complexity index is 1440. The number of benzene rings is 1. The van der Waals surface area contributed by atoms with E-state index in [4.69, 9.17) is 11.6 Å². The van der Waals surface area contributed by atoms with Crippen molar-refractivity contribution in [3.63, 3.8) is 0 Å². The second kappa shape index (κ2) is 10.9. The molecule has 0 saturated carbocycles. The lowest BCUT2D eigenvalue weighted by Crippen LogP contribution is -2.47. The molecule has 0 aliphatic carbocycles. The zero-order valence-electron chi connectivity index (χ0n) is 21.0. The summed E-state index contributed by atoms with van der Waals surface area (Å²) in [5, 5.41) is 3.88. The van der Waals surface area contributed by atoms with E-state index in [2.05, 4.69) is 9.99 Å². The molecule has 1 aromatic heterocycles. The predicted molar refractivity (Wildman–Crippen MR) is 129 cm³/mol. The zero-order chi connectivity index (χ0) is 31.4. The molecule has 2 aromatic rings. The van der Waals surface area contributed by atoms with Crippen molar-refractivity contribution in [3.8, 4) is 0 Å². The maximum absolute atomic E-state index is 14.8. The van der Waals surface area contributed by atoms with Gasteiger partial charge in [0, 0.05) is 12.1 Å². The molecule has 230 valence electrons. The molecule has 0 bridgehead atoms. The second-order valence-electron chi connectivity index (χ2n) is 9.56. The minimum atomic E-state index is -5.48. The zero-order valence-corrected chi connectivity index (χ0v) is 22.6. The summed E-state index contributed by atoms with van der Waals surface area (Å²) in [4.78, 5) is 31.1. The van der Waals surface area contributed by atoms with Crippen LogP contribution in [0.1, 0.15) is 50.5 Å². The highest BCUT2D eigenvalue weighted by Gasteiger charge is 2.64. The van der Waals surface area contributed by atoms with Gasteiger partial charge < -0.3 is 15.1 Å². The van der Waals surface area contributed by atoms with Crippen molar-refractivity contribution in [3.05, 3.63) is 55.5 Å². The molecular weight excluding hydrogens is 636 g/mol. The fourth-order valence-electron chi connectivity index (χ4n) is 4.62. The Kier molecular flexibility index (Phi) is 8.25. The SMILES string of the molecule is Cc1cc(C2=NOC(c3cc(C(F)(F)F)cc(Cl)c3F)(C(F)(F)F)C2)sc1C(=O)N1CCCC1C(=O)NCC(F)(F)F. The molecule has 1 aromatic carbocycles. The van der Waals surface area contributed by atoms with E-state index in [1.54, 1.807) is 5.32 Å². The van der Waals surface area contributed by atoms with Crippen molar-refractivity contribution in [2.75, 3.05) is 13.1 Å². The molecule has 0 radical (unpaired) electrons. The van der Waals surface area contributed by atoms with Gasteiger partial charge in [-0.25, -0.2) is 4.39 Å². The number of aryl methyl sites for hydroxylation is 1. The Morgan fingerprint density at radius 3 is 2.40 bits per heavy atom. The summed E-state index contributed by atoms with van der Waals surface area (Å²) in [6.07, 6.45) is -16.2. The first kappa shape index (κ1) is 31.8. The molecule has 1 N–H and O–H groups in total. The highest BCUT2D eigenvalue weighted by molar-refractivity contribution is 7.16. The van der Waals surface area contributed by atoms with E-state index in [-0.39, 0.29) is 40.4 Å². The Hall–Kier alpha value is -3.08.